The van der Waals surface area contributed by atoms with Crippen LogP contribution in [0.4, 0.5) is 0 Å². The quantitative estimate of drug-likeness (QED) is 0.0580. The summed E-state index contributed by atoms with van der Waals surface area (Å²) in [5.74, 6) is 2.81. The van der Waals surface area contributed by atoms with Crippen LogP contribution < -0.4 is 13.6 Å². The van der Waals surface area contributed by atoms with Crippen molar-refractivity contribution in [2.75, 3.05) is 39.5 Å². The summed E-state index contributed by atoms with van der Waals surface area (Å²) in [7, 11) is -5.93. The Bertz CT molecular complexity index is 3860. The number of nitrogens with zero attached hydrogens (tertiary/aromatic N) is 1. The Morgan fingerprint density at radius 1 is 0.252 bits per heavy atom. The molecule has 3 heterocycles. The predicted octanol–water partition coefficient (Wildman–Crippen LogP) is 27.5. The SMILES string of the molecule is CC(C)Cc1cc(C(C)(C)C)c2op(OCCN(CCOp3oc4c(C(C)(C)C)cc(CC(C)C)cc4c4cc(CC(C)C)cc(C(C)(C)C)c4o3)CCOp3oc4c(C(C)(C)C)cc(CC(C)C)cc4c4cc(CC(C)C)cc(C(C)(C)C)c4o3)oc3c(C(C)(C)C)cc(CC(C)C)cc3c2c1. The molecule has 0 aliphatic heterocycles. The van der Waals surface area contributed by atoms with Gasteiger partial charge in [-0.1, -0.05) is 244 Å². The highest BCUT2D eigenvalue weighted by molar-refractivity contribution is 7.32. The zero-order chi connectivity index (χ0) is 76.0. The summed E-state index contributed by atoms with van der Waals surface area (Å²) in [4.78, 5) is 2.35. The second kappa shape index (κ2) is 32.4. The number of hydrogen-bond donors (Lipinski definition) is 0. The zero-order valence-electron chi connectivity index (χ0n) is 69.3. The molecule has 6 aromatic carbocycles. The third-order valence-electron chi connectivity index (χ3n) is 19.3. The van der Waals surface area contributed by atoms with Crippen LogP contribution in [0, 0.1) is 35.5 Å². The summed E-state index contributed by atoms with van der Waals surface area (Å²) in [5, 5.41) is 6.40. The Hall–Kier alpha value is -5.14. The molecule has 0 amide bonds. The molecule has 103 heavy (non-hydrogen) atoms. The van der Waals surface area contributed by atoms with Crippen LogP contribution in [0.25, 0.3) is 65.8 Å². The van der Waals surface area contributed by atoms with Gasteiger partial charge < -0.3 is 25.2 Å². The van der Waals surface area contributed by atoms with Gasteiger partial charge in [-0.15, -0.1) is 0 Å². The van der Waals surface area contributed by atoms with E-state index in [1.165, 1.54) is 33.4 Å². The van der Waals surface area contributed by atoms with Gasteiger partial charge in [0.1, 0.15) is 33.5 Å². The molecule has 0 N–H and O–H groups in total. The molecule has 0 unspecified atom stereocenters. The molecule has 0 radical (unpaired) electrons. The summed E-state index contributed by atoms with van der Waals surface area (Å²) in [6.45, 7) is 71.1. The molecule has 9 aromatic rings. The Balaban J connectivity index is 1.21. The molecule has 0 fully saturated rings. The molecule has 13 heteroatoms. The molecule has 0 spiro atoms. The normalized spacial score (nSPS) is 13.4. The van der Waals surface area contributed by atoms with Gasteiger partial charge in [0.05, 0.1) is 19.8 Å². The van der Waals surface area contributed by atoms with Gasteiger partial charge in [0.25, 0.3) is 0 Å². The number of fused-ring (bicyclic) bond motifs is 9. The minimum absolute atomic E-state index is 0.249. The lowest BCUT2D eigenvalue weighted by Crippen LogP contribution is -2.35. The predicted molar refractivity (Wildman–Crippen MR) is 443 cm³/mol. The van der Waals surface area contributed by atoms with E-state index >= 15 is 0 Å². The minimum Gasteiger partial charge on any atom is -0.399 e. The first-order chi connectivity index (χ1) is 47.7. The van der Waals surface area contributed by atoms with Crippen LogP contribution in [0.2, 0.25) is 0 Å². The Morgan fingerprint density at radius 3 is 0.524 bits per heavy atom. The second-order valence-electron chi connectivity index (χ2n) is 38.8. The maximum Gasteiger partial charge on any atom is 0.387 e. The molecule has 0 aliphatic rings. The van der Waals surface area contributed by atoms with E-state index in [-0.39, 0.29) is 52.3 Å². The molecule has 0 bridgehead atoms. The van der Waals surface area contributed by atoms with Crippen LogP contribution in [-0.2, 0) is 71.0 Å². The molecule has 0 saturated carbocycles. The summed E-state index contributed by atoms with van der Waals surface area (Å²) in [5.41, 5.74) is 18.2. The third-order valence-corrected chi connectivity index (χ3v) is 22.5. The fourth-order valence-corrected chi connectivity index (χ4v) is 17.7. The van der Waals surface area contributed by atoms with Crippen molar-refractivity contribution in [1.29, 1.82) is 0 Å². The molecule has 0 saturated heterocycles. The van der Waals surface area contributed by atoms with Crippen LogP contribution in [0.1, 0.15) is 274 Å². The second-order valence-corrected chi connectivity index (χ2v) is 42.0. The zero-order valence-corrected chi connectivity index (χ0v) is 72.0. The van der Waals surface area contributed by atoms with Crippen molar-refractivity contribution in [2.24, 2.45) is 35.5 Å². The highest BCUT2D eigenvalue weighted by atomic mass is 31.1. The lowest BCUT2D eigenvalue weighted by molar-refractivity contribution is 0.183. The lowest BCUT2D eigenvalue weighted by atomic mass is 9.81. The number of hydrogen-bond acceptors (Lipinski definition) is 10. The van der Waals surface area contributed by atoms with Crippen LogP contribution >= 0.6 is 24.7 Å². The Kier molecular flexibility index (Phi) is 25.7. The summed E-state index contributed by atoms with van der Waals surface area (Å²) < 4.78 is 65.3. The smallest absolute Gasteiger partial charge is 0.387 e. The van der Waals surface area contributed by atoms with Gasteiger partial charge in [0.2, 0.25) is 0 Å². The van der Waals surface area contributed by atoms with Crippen molar-refractivity contribution in [3.8, 4) is 0 Å². The maximum absolute atomic E-state index is 7.32. The van der Waals surface area contributed by atoms with Crippen molar-refractivity contribution >= 4 is 90.5 Å². The lowest BCUT2D eigenvalue weighted by Gasteiger charge is -2.22. The Labute approximate surface area is 623 Å². The van der Waals surface area contributed by atoms with Crippen molar-refractivity contribution in [1.82, 2.24) is 4.90 Å². The first kappa shape index (κ1) is 81.9. The monoisotopic (exact) mass is 1460 g/mol. The van der Waals surface area contributed by atoms with E-state index in [0.717, 1.165) is 138 Å². The third kappa shape index (κ3) is 20.8. The maximum atomic E-state index is 7.32. The van der Waals surface area contributed by atoms with Gasteiger partial charge in [0, 0.05) is 85.3 Å². The number of rotatable bonds is 24. The van der Waals surface area contributed by atoms with Crippen molar-refractivity contribution in [3.05, 3.63) is 140 Å². The number of benzene rings is 6. The van der Waals surface area contributed by atoms with E-state index in [0.29, 0.717) is 55.1 Å². The highest BCUT2D eigenvalue weighted by Crippen LogP contribution is 2.48. The van der Waals surface area contributed by atoms with E-state index in [1.54, 1.807) is 0 Å². The highest BCUT2D eigenvalue weighted by Gasteiger charge is 2.31. The van der Waals surface area contributed by atoms with E-state index in [9.17, 15) is 0 Å². The molecular weight excluding hydrogens is 1330 g/mol. The van der Waals surface area contributed by atoms with Crippen LogP contribution in [0.3, 0.4) is 0 Å². The van der Waals surface area contributed by atoms with Crippen molar-refractivity contribution < 1.29 is 38.8 Å². The first-order valence-electron chi connectivity index (χ1n) is 38.9. The molecule has 9 rings (SSSR count). The van der Waals surface area contributed by atoms with E-state index < -0.39 is 24.7 Å². The van der Waals surface area contributed by atoms with Crippen LogP contribution in [0.15, 0.2) is 98.0 Å². The molecule has 0 atom stereocenters. The van der Waals surface area contributed by atoms with Gasteiger partial charge in [-0.2, -0.15) is 0 Å². The standard InChI is InChI=1S/C90H132NO9P3/c1-55(2)37-61-43-67-68-44-62(38-56(3)4)50-74(86(16,17)18)80(68)96-101(95-79(67)73(49-61)85(13,14)15)92-34-31-91(32-35-93-102-97-81-69(45-63(39-57(5)6)51-75(81)87(19,20)21)70-46-64(40-58(7)8)52-76(82(70)98-102)88(22,23)24)33-36-94-103-99-83-71(47-65(41-59(9)10)53-77(83)89(25,26)27)72-48-66(42-60(11)12)54-78(84(72)100-103)90(28,29)30/h43-60H,31-42H2,1-30H3. The minimum atomic E-state index is -1.98. The topological polar surface area (TPSA) is 110 Å². The summed E-state index contributed by atoms with van der Waals surface area (Å²) in [6.07, 6.45) is 5.69. The molecule has 566 valence electrons. The Morgan fingerprint density at radius 2 is 0.398 bits per heavy atom. The van der Waals surface area contributed by atoms with Gasteiger partial charge >= 0.3 is 24.7 Å². The van der Waals surface area contributed by atoms with E-state index in [2.05, 4.69) is 285 Å². The average molecular weight is 1460 g/mol. The first-order valence-corrected chi connectivity index (χ1v) is 42.1. The van der Waals surface area contributed by atoms with Crippen molar-refractivity contribution in [3.63, 3.8) is 0 Å². The fourth-order valence-electron chi connectivity index (χ4n) is 14.5. The average Bonchev–Trinajstić information content (AvgIpc) is 1.73. The van der Waals surface area contributed by atoms with Crippen LogP contribution in [0.5, 0.6) is 0 Å². The molecule has 0 aliphatic carbocycles. The van der Waals surface area contributed by atoms with E-state index in [4.69, 9.17) is 38.8 Å². The largest absolute Gasteiger partial charge is 0.399 e. The van der Waals surface area contributed by atoms with Gasteiger partial charge in [-0.3, -0.25) is 18.5 Å². The molecular formula is C90H132NO9P3. The molecule has 3 aromatic heterocycles. The van der Waals surface area contributed by atoms with Crippen LogP contribution in [-0.4, -0.2) is 44.4 Å². The van der Waals surface area contributed by atoms with Gasteiger partial charge in [-0.25, -0.2) is 0 Å². The summed E-state index contributed by atoms with van der Waals surface area (Å²) in [6, 6.07) is 28.4. The van der Waals surface area contributed by atoms with E-state index in [1.807, 2.05) is 0 Å². The molecule has 10 nitrogen and oxygen atoms in total. The van der Waals surface area contributed by atoms with Crippen molar-refractivity contribution in [2.45, 2.75) is 279 Å². The fraction of sp³-hybridized carbons (Fsp3) is 0.600. The van der Waals surface area contributed by atoms with Gasteiger partial charge in [0.15, 0.2) is 0 Å². The van der Waals surface area contributed by atoms with Gasteiger partial charge in [-0.05, 0) is 176 Å². The summed E-state index contributed by atoms with van der Waals surface area (Å²) >= 11 is 0.